The Kier molecular flexibility index (Phi) is 4.99. The molecule has 2 aliphatic heterocycles. The van der Waals surface area contributed by atoms with E-state index in [0.717, 1.165) is 19.5 Å². The highest BCUT2D eigenvalue weighted by atomic mass is 32.2. The number of nitrogens with one attached hydrogen (secondary N) is 1. The predicted molar refractivity (Wildman–Crippen MR) is 87.4 cm³/mol. The van der Waals surface area contributed by atoms with Crippen molar-refractivity contribution >= 4 is 15.9 Å². The van der Waals surface area contributed by atoms with Crippen molar-refractivity contribution in [2.75, 3.05) is 39.3 Å². The third-order valence-corrected chi connectivity index (χ3v) is 6.51. The van der Waals surface area contributed by atoms with Crippen molar-refractivity contribution < 1.29 is 13.2 Å². The van der Waals surface area contributed by atoms with Crippen molar-refractivity contribution in [1.82, 2.24) is 14.5 Å². The molecule has 2 saturated heterocycles. The topological polar surface area (TPSA) is 69.7 Å². The van der Waals surface area contributed by atoms with Gasteiger partial charge in [-0.1, -0.05) is 18.2 Å². The first-order valence-corrected chi connectivity index (χ1v) is 9.55. The maximum absolute atomic E-state index is 12.6. The average Bonchev–Trinajstić information content (AvgIpc) is 3.09. The lowest BCUT2D eigenvalue weighted by Gasteiger charge is -2.34. The highest BCUT2D eigenvalue weighted by Crippen LogP contribution is 2.19. The van der Waals surface area contributed by atoms with E-state index in [4.69, 9.17) is 0 Å². The molecule has 3 rings (SSSR count). The molecule has 0 radical (unpaired) electrons. The van der Waals surface area contributed by atoms with Gasteiger partial charge in [0.25, 0.3) is 0 Å². The molecule has 1 aromatic carbocycles. The highest BCUT2D eigenvalue weighted by Gasteiger charge is 2.30. The van der Waals surface area contributed by atoms with Gasteiger partial charge in [0.15, 0.2) is 0 Å². The Morgan fingerprint density at radius 3 is 2.43 bits per heavy atom. The van der Waals surface area contributed by atoms with Crippen LogP contribution in [0.25, 0.3) is 0 Å². The number of amides is 1. The van der Waals surface area contributed by atoms with Crippen LogP contribution in [-0.4, -0.2) is 62.8 Å². The van der Waals surface area contributed by atoms with Crippen LogP contribution in [0, 0.1) is 5.92 Å². The fourth-order valence-corrected chi connectivity index (χ4v) is 4.63. The maximum Gasteiger partial charge on any atom is 0.243 e. The Hall–Kier alpha value is -1.44. The van der Waals surface area contributed by atoms with Crippen molar-refractivity contribution in [2.45, 2.75) is 17.7 Å². The van der Waals surface area contributed by atoms with E-state index in [-0.39, 0.29) is 5.91 Å². The lowest BCUT2D eigenvalue weighted by molar-refractivity contribution is -0.133. The zero-order chi connectivity index (χ0) is 16.3. The Morgan fingerprint density at radius 2 is 1.83 bits per heavy atom. The van der Waals surface area contributed by atoms with Crippen LogP contribution in [-0.2, 0) is 14.8 Å². The summed E-state index contributed by atoms with van der Waals surface area (Å²) < 4.78 is 26.6. The number of hydrogen-bond donors (Lipinski definition) is 1. The summed E-state index contributed by atoms with van der Waals surface area (Å²) in [5, 5.41) is 3.27. The largest absolute Gasteiger partial charge is 0.340 e. The molecule has 0 aromatic heterocycles. The minimum atomic E-state index is -3.45. The molecule has 1 aromatic rings. The first kappa shape index (κ1) is 16.4. The smallest absolute Gasteiger partial charge is 0.243 e. The molecule has 1 N–H and O–H groups in total. The van der Waals surface area contributed by atoms with Crippen LogP contribution in [0.1, 0.15) is 12.8 Å². The van der Waals surface area contributed by atoms with E-state index in [2.05, 4.69) is 5.32 Å². The second kappa shape index (κ2) is 6.98. The molecule has 0 bridgehead atoms. The summed E-state index contributed by atoms with van der Waals surface area (Å²) >= 11 is 0. The Bertz CT molecular complexity index is 634. The summed E-state index contributed by atoms with van der Waals surface area (Å²) in [6.45, 7) is 3.59. The molecule has 0 saturated carbocycles. The number of piperazine rings is 1. The summed E-state index contributed by atoms with van der Waals surface area (Å²) in [6, 6.07) is 8.47. The van der Waals surface area contributed by atoms with Crippen molar-refractivity contribution in [3.05, 3.63) is 30.3 Å². The van der Waals surface area contributed by atoms with Crippen LogP contribution >= 0.6 is 0 Å². The standard InChI is InChI=1S/C16H23N3O3S/c20-16(12-14-6-7-17-13-14)18-8-10-19(11-9-18)23(21,22)15-4-2-1-3-5-15/h1-5,14,17H,6-13H2. The molecule has 1 atom stereocenters. The molecular weight excluding hydrogens is 314 g/mol. The van der Waals surface area contributed by atoms with Crippen LogP contribution in [0.3, 0.4) is 0 Å². The molecule has 1 amide bonds. The molecule has 126 valence electrons. The summed E-state index contributed by atoms with van der Waals surface area (Å²) in [7, 11) is -3.45. The van der Waals surface area contributed by atoms with Gasteiger partial charge in [0, 0.05) is 32.6 Å². The zero-order valence-electron chi connectivity index (χ0n) is 13.1. The van der Waals surface area contributed by atoms with Gasteiger partial charge < -0.3 is 10.2 Å². The van der Waals surface area contributed by atoms with E-state index >= 15 is 0 Å². The number of benzene rings is 1. The van der Waals surface area contributed by atoms with Crippen molar-refractivity contribution in [3.63, 3.8) is 0 Å². The van der Waals surface area contributed by atoms with Gasteiger partial charge in [-0.15, -0.1) is 0 Å². The first-order valence-electron chi connectivity index (χ1n) is 8.11. The SMILES string of the molecule is O=C(CC1CCNC1)N1CCN(S(=O)(=O)c2ccccc2)CC1. The molecule has 0 aliphatic carbocycles. The summed E-state index contributed by atoms with van der Waals surface area (Å²) in [4.78, 5) is 14.4. The van der Waals surface area contributed by atoms with Crippen LogP contribution in [0.2, 0.25) is 0 Å². The van der Waals surface area contributed by atoms with Gasteiger partial charge in [0.1, 0.15) is 0 Å². The monoisotopic (exact) mass is 337 g/mol. The highest BCUT2D eigenvalue weighted by molar-refractivity contribution is 7.89. The summed E-state index contributed by atoms with van der Waals surface area (Å²) in [6.07, 6.45) is 1.62. The maximum atomic E-state index is 12.6. The normalized spacial score (nSPS) is 23.1. The molecular formula is C16H23N3O3S. The lowest BCUT2D eigenvalue weighted by Crippen LogP contribution is -2.50. The van der Waals surface area contributed by atoms with Gasteiger partial charge in [0.2, 0.25) is 15.9 Å². The fourth-order valence-electron chi connectivity index (χ4n) is 3.18. The molecule has 7 heteroatoms. The van der Waals surface area contributed by atoms with Crippen LogP contribution in [0.4, 0.5) is 0 Å². The zero-order valence-corrected chi connectivity index (χ0v) is 14.0. The third kappa shape index (κ3) is 3.73. The second-order valence-corrected chi connectivity index (χ2v) is 8.10. The Morgan fingerprint density at radius 1 is 1.13 bits per heavy atom. The van der Waals surface area contributed by atoms with E-state index in [0.29, 0.717) is 43.4 Å². The van der Waals surface area contributed by atoms with Crippen LogP contribution in [0.15, 0.2) is 35.2 Å². The Balaban J connectivity index is 1.56. The Labute approximate surface area is 137 Å². The van der Waals surface area contributed by atoms with Crippen LogP contribution in [0.5, 0.6) is 0 Å². The van der Waals surface area contributed by atoms with Gasteiger partial charge in [-0.25, -0.2) is 8.42 Å². The van der Waals surface area contributed by atoms with Gasteiger partial charge in [-0.05, 0) is 37.6 Å². The minimum absolute atomic E-state index is 0.149. The molecule has 1 unspecified atom stereocenters. The van der Waals surface area contributed by atoms with Gasteiger partial charge >= 0.3 is 0 Å². The quantitative estimate of drug-likeness (QED) is 0.870. The number of sulfonamides is 1. The van der Waals surface area contributed by atoms with E-state index < -0.39 is 10.0 Å². The number of carbonyl (C=O) groups is 1. The molecule has 2 heterocycles. The van der Waals surface area contributed by atoms with E-state index in [1.807, 2.05) is 0 Å². The fraction of sp³-hybridized carbons (Fsp3) is 0.562. The third-order valence-electron chi connectivity index (χ3n) is 4.60. The molecule has 6 nitrogen and oxygen atoms in total. The summed E-state index contributed by atoms with van der Waals surface area (Å²) in [5.74, 6) is 0.573. The van der Waals surface area contributed by atoms with E-state index in [9.17, 15) is 13.2 Å². The molecule has 0 spiro atoms. The molecule has 23 heavy (non-hydrogen) atoms. The number of hydrogen-bond acceptors (Lipinski definition) is 4. The average molecular weight is 337 g/mol. The van der Waals surface area contributed by atoms with E-state index in [1.54, 1.807) is 35.2 Å². The van der Waals surface area contributed by atoms with E-state index in [1.165, 1.54) is 4.31 Å². The molecule has 2 aliphatic rings. The van der Waals surface area contributed by atoms with Crippen molar-refractivity contribution in [1.29, 1.82) is 0 Å². The van der Waals surface area contributed by atoms with Crippen molar-refractivity contribution in [2.24, 2.45) is 5.92 Å². The number of nitrogens with zero attached hydrogens (tertiary/aromatic N) is 2. The summed E-state index contributed by atoms with van der Waals surface area (Å²) in [5.41, 5.74) is 0. The number of rotatable bonds is 4. The predicted octanol–water partition coefficient (Wildman–Crippen LogP) is 0.519. The lowest BCUT2D eigenvalue weighted by atomic mass is 10.0. The van der Waals surface area contributed by atoms with Crippen molar-refractivity contribution in [3.8, 4) is 0 Å². The number of carbonyl (C=O) groups excluding carboxylic acids is 1. The minimum Gasteiger partial charge on any atom is -0.340 e. The first-order chi connectivity index (χ1) is 11.1. The van der Waals surface area contributed by atoms with Gasteiger partial charge in [0.05, 0.1) is 4.90 Å². The van der Waals surface area contributed by atoms with Crippen LogP contribution < -0.4 is 5.32 Å². The van der Waals surface area contributed by atoms with Gasteiger partial charge in [-0.3, -0.25) is 4.79 Å². The second-order valence-electron chi connectivity index (χ2n) is 6.16. The molecule has 2 fully saturated rings. The van der Waals surface area contributed by atoms with Gasteiger partial charge in [-0.2, -0.15) is 4.31 Å².